The fourth-order valence-corrected chi connectivity index (χ4v) is 2.71. The summed E-state index contributed by atoms with van der Waals surface area (Å²) in [6.07, 6.45) is -4.73. The lowest BCUT2D eigenvalue weighted by atomic mass is 10.0. The first kappa shape index (κ1) is 23.0. The van der Waals surface area contributed by atoms with Crippen LogP contribution in [-0.2, 0) is 17.1 Å². The van der Waals surface area contributed by atoms with Crippen LogP contribution in [-0.4, -0.2) is 44.7 Å². The Hall–Kier alpha value is -3.70. The molecule has 0 atom stereocenters. The number of rotatable bonds is 4. The maximum atomic E-state index is 13.1. The first-order chi connectivity index (χ1) is 14.9. The van der Waals surface area contributed by atoms with Crippen molar-refractivity contribution in [2.45, 2.75) is 12.4 Å². The molecule has 0 fully saturated rings. The fraction of sp³-hybridized carbons (Fsp3) is 0.200. The maximum absolute atomic E-state index is 13.1. The Morgan fingerprint density at radius 1 is 0.969 bits per heavy atom. The van der Waals surface area contributed by atoms with Gasteiger partial charge in [-0.15, -0.1) is 5.10 Å². The van der Waals surface area contributed by atoms with E-state index in [2.05, 4.69) is 15.1 Å². The van der Waals surface area contributed by atoms with Crippen molar-refractivity contribution in [2.75, 3.05) is 14.1 Å². The van der Waals surface area contributed by atoms with E-state index in [1.807, 2.05) is 0 Å². The average Bonchev–Trinajstić information content (AvgIpc) is 3.19. The predicted octanol–water partition coefficient (Wildman–Crippen LogP) is 4.46. The molecule has 2 aromatic heterocycles. The molecule has 0 saturated heterocycles. The van der Waals surface area contributed by atoms with E-state index in [1.54, 1.807) is 12.1 Å². The Bertz CT molecular complexity index is 1120. The Balaban J connectivity index is 2.08. The third kappa shape index (κ3) is 5.13. The summed E-state index contributed by atoms with van der Waals surface area (Å²) in [4.78, 5) is 21.5. The van der Waals surface area contributed by atoms with Crippen molar-refractivity contribution in [3.8, 4) is 11.4 Å². The molecule has 3 aromatic rings. The number of hydrogen-bond acceptors (Lipinski definition) is 4. The van der Waals surface area contributed by atoms with E-state index in [-0.39, 0.29) is 17.5 Å². The number of pyridine rings is 1. The van der Waals surface area contributed by atoms with Crippen molar-refractivity contribution < 1.29 is 31.1 Å². The first-order valence-corrected chi connectivity index (χ1v) is 8.91. The van der Waals surface area contributed by atoms with Crippen molar-refractivity contribution in [1.82, 2.24) is 24.6 Å². The minimum atomic E-state index is -4.99. The topological polar surface area (TPSA) is 63.9 Å². The minimum Gasteiger partial charge on any atom is -0.345 e. The lowest BCUT2D eigenvalue weighted by molar-refractivity contribution is -0.143. The molecule has 32 heavy (non-hydrogen) atoms. The summed E-state index contributed by atoms with van der Waals surface area (Å²) in [6.45, 7) is 0. The summed E-state index contributed by atoms with van der Waals surface area (Å²) in [5.74, 6) is -0.782. The van der Waals surface area contributed by atoms with Gasteiger partial charge in [-0.05, 0) is 35.9 Å². The molecule has 6 nitrogen and oxygen atoms in total. The Labute approximate surface area is 177 Å². The SMILES string of the molecule is CN(C)C(=O)C(=Cn1cnc(-c2cc(C(F)(F)F)cc(C(F)(F)F)c2)n1)c1ccncc1. The molecule has 0 bridgehead atoms. The molecular formula is C20H15F6N5O. The molecule has 0 aliphatic heterocycles. The largest absolute Gasteiger partial charge is 0.416 e. The van der Waals surface area contributed by atoms with Crippen LogP contribution in [0.3, 0.4) is 0 Å². The second kappa shape index (κ2) is 8.44. The van der Waals surface area contributed by atoms with Crippen LogP contribution in [0.2, 0.25) is 0 Å². The van der Waals surface area contributed by atoms with Gasteiger partial charge in [-0.25, -0.2) is 9.67 Å². The first-order valence-electron chi connectivity index (χ1n) is 8.91. The van der Waals surface area contributed by atoms with Gasteiger partial charge in [0.05, 0.1) is 16.7 Å². The maximum Gasteiger partial charge on any atom is 0.416 e. The zero-order valence-electron chi connectivity index (χ0n) is 16.6. The summed E-state index contributed by atoms with van der Waals surface area (Å²) in [5, 5.41) is 3.94. The summed E-state index contributed by atoms with van der Waals surface area (Å²) in [5.41, 5.74) is -2.78. The van der Waals surface area contributed by atoms with E-state index in [4.69, 9.17) is 0 Å². The number of aromatic nitrogens is 4. The highest BCUT2D eigenvalue weighted by molar-refractivity contribution is 6.22. The molecule has 3 rings (SSSR count). The van der Waals surface area contributed by atoms with Crippen molar-refractivity contribution in [3.63, 3.8) is 0 Å². The Morgan fingerprint density at radius 2 is 1.53 bits per heavy atom. The van der Waals surface area contributed by atoms with Crippen LogP contribution in [0.5, 0.6) is 0 Å². The number of halogens is 6. The molecular weight excluding hydrogens is 440 g/mol. The van der Waals surface area contributed by atoms with Gasteiger partial charge in [-0.1, -0.05) is 0 Å². The molecule has 0 spiro atoms. The Kier molecular flexibility index (Phi) is 6.06. The highest BCUT2D eigenvalue weighted by Gasteiger charge is 2.37. The summed E-state index contributed by atoms with van der Waals surface area (Å²) in [7, 11) is 3.04. The average molecular weight is 455 g/mol. The molecule has 0 aliphatic rings. The van der Waals surface area contributed by atoms with Crippen LogP contribution in [0.25, 0.3) is 23.2 Å². The predicted molar refractivity (Wildman–Crippen MR) is 103 cm³/mol. The van der Waals surface area contributed by atoms with Crippen molar-refractivity contribution in [3.05, 3.63) is 65.7 Å². The third-order valence-electron chi connectivity index (χ3n) is 4.24. The van der Waals surface area contributed by atoms with Crippen LogP contribution < -0.4 is 0 Å². The number of benzene rings is 1. The smallest absolute Gasteiger partial charge is 0.345 e. The fourth-order valence-electron chi connectivity index (χ4n) is 2.71. The summed E-state index contributed by atoms with van der Waals surface area (Å²) in [6, 6.07) is 4.22. The van der Waals surface area contributed by atoms with Gasteiger partial charge in [0.2, 0.25) is 0 Å². The third-order valence-corrected chi connectivity index (χ3v) is 4.24. The number of carbonyl (C=O) groups is 1. The normalized spacial score (nSPS) is 12.7. The number of alkyl halides is 6. The monoisotopic (exact) mass is 455 g/mol. The van der Waals surface area contributed by atoms with Gasteiger partial charge in [0.1, 0.15) is 6.33 Å². The zero-order chi connectivity index (χ0) is 23.7. The van der Waals surface area contributed by atoms with E-state index in [0.29, 0.717) is 17.7 Å². The standard InChI is InChI=1S/C20H15F6N5O/c1-30(2)18(32)16(12-3-5-27-6-4-12)10-31-11-28-17(29-31)13-7-14(19(21,22)23)9-15(8-13)20(24,25)26/h3-11H,1-2H3. The van der Waals surface area contributed by atoms with E-state index in [9.17, 15) is 31.1 Å². The highest BCUT2D eigenvalue weighted by Crippen LogP contribution is 2.38. The van der Waals surface area contributed by atoms with Gasteiger partial charge < -0.3 is 4.90 Å². The highest BCUT2D eigenvalue weighted by atomic mass is 19.4. The van der Waals surface area contributed by atoms with E-state index in [1.165, 1.54) is 37.6 Å². The van der Waals surface area contributed by atoms with Crippen LogP contribution in [0.15, 0.2) is 49.1 Å². The van der Waals surface area contributed by atoms with Crippen LogP contribution >= 0.6 is 0 Å². The number of likely N-dealkylation sites (N-methyl/N-ethyl adjacent to an activating group) is 1. The van der Waals surface area contributed by atoms with Crippen LogP contribution in [0.1, 0.15) is 16.7 Å². The quantitative estimate of drug-likeness (QED) is 0.431. The van der Waals surface area contributed by atoms with Gasteiger partial charge in [-0.3, -0.25) is 9.78 Å². The molecule has 12 heteroatoms. The Morgan fingerprint density at radius 3 is 2.03 bits per heavy atom. The molecule has 168 valence electrons. The molecule has 2 heterocycles. The van der Waals surface area contributed by atoms with E-state index < -0.39 is 35.0 Å². The lowest BCUT2D eigenvalue weighted by Crippen LogP contribution is -2.23. The molecule has 0 radical (unpaired) electrons. The van der Waals surface area contributed by atoms with Gasteiger partial charge in [0.25, 0.3) is 5.91 Å². The lowest BCUT2D eigenvalue weighted by Gasteiger charge is -2.13. The van der Waals surface area contributed by atoms with Gasteiger partial charge >= 0.3 is 12.4 Å². The summed E-state index contributed by atoms with van der Waals surface area (Å²) < 4.78 is 79.7. The number of amides is 1. The summed E-state index contributed by atoms with van der Waals surface area (Å²) >= 11 is 0. The van der Waals surface area contributed by atoms with Gasteiger partial charge in [-0.2, -0.15) is 26.3 Å². The zero-order valence-corrected chi connectivity index (χ0v) is 16.6. The molecule has 0 unspecified atom stereocenters. The minimum absolute atomic E-state index is 0.0255. The van der Waals surface area contributed by atoms with E-state index in [0.717, 1.165) is 11.0 Å². The molecule has 1 aromatic carbocycles. The molecule has 1 amide bonds. The van der Waals surface area contributed by atoms with Crippen molar-refractivity contribution >= 4 is 17.7 Å². The van der Waals surface area contributed by atoms with Crippen molar-refractivity contribution in [1.29, 1.82) is 0 Å². The number of hydrogen-bond donors (Lipinski definition) is 0. The number of carbonyl (C=O) groups excluding carboxylic acids is 1. The molecule has 0 saturated carbocycles. The van der Waals surface area contributed by atoms with Crippen molar-refractivity contribution in [2.24, 2.45) is 0 Å². The van der Waals surface area contributed by atoms with Crippen LogP contribution in [0, 0.1) is 0 Å². The van der Waals surface area contributed by atoms with Gasteiger partial charge in [0, 0.05) is 38.3 Å². The molecule has 0 N–H and O–H groups in total. The van der Waals surface area contributed by atoms with Gasteiger partial charge in [0.15, 0.2) is 5.82 Å². The number of nitrogens with zero attached hydrogens (tertiary/aromatic N) is 5. The van der Waals surface area contributed by atoms with Crippen LogP contribution in [0.4, 0.5) is 26.3 Å². The van der Waals surface area contributed by atoms with E-state index >= 15 is 0 Å². The second-order valence-corrected chi connectivity index (χ2v) is 6.82. The second-order valence-electron chi connectivity index (χ2n) is 6.82. The molecule has 0 aliphatic carbocycles.